The number of carbonyl (C=O) groups is 1. The van der Waals surface area contributed by atoms with Crippen molar-refractivity contribution in [2.75, 3.05) is 0 Å². The Morgan fingerprint density at radius 2 is 1.90 bits per heavy atom. The third kappa shape index (κ3) is 4.27. The van der Waals surface area contributed by atoms with Crippen LogP contribution in [0.3, 0.4) is 0 Å². The summed E-state index contributed by atoms with van der Waals surface area (Å²) >= 11 is 0. The van der Waals surface area contributed by atoms with E-state index in [-0.39, 0.29) is 22.9 Å². The third-order valence-electron chi connectivity index (χ3n) is 4.03. The fraction of sp³-hybridized carbons (Fsp3) is 0.588. The molecule has 3 nitrogen and oxygen atoms in total. The Bertz CT molecular complexity index is 497. The zero-order valence-electron chi connectivity index (χ0n) is 13.3. The highest BCUT2D eigenvalue weighted by atomic mass is 19.1. The van der Waals surface area contributed by atoms with Gasteiger partial charge in [0.2, 0.25) is 6.41 Å². The lowest BCUT2D eigenvalue weighted by molar-refractivity contribution is -0.122. The molecule has 1 aromatic carbocycles. The first-order valence-corrected chi connectivity index (χ1v) is 7.46. The maximum Gasteiger partial charge on any atom is 0.210 e. The third-order valence-corrected chi connectivity index (χ3v) is 4.03. The van der Waals surface area contributed by atoms with Gasteiger partial charge in [0, 0.05) is 23.7 Å². The van der Waals surface area contributed by atoms with E-state index in [4.69, 9.17) is 0 Å². The summed E-state index contributed by atoms with van der Waals surface area (Å²) in [5, 5.41) is 3.61. The van der Waals surface area contributed by atoms with Crippen LogP contribution in [0.1, 0.15) is 46.1 Å². The minimum atomic E-state index is -0.260. The molecule has 0 atom stereocenters. The number of rotatable bonds is 4. The van der Waals surface area contributed by atoms with Gasteiger partial charge in [0.05, 0.1) is 0 Å². The zero-order valence-corrected chi connectivity index (χ0v) is 13.3. The molecule has 1 aromatic rings. The van der Waals surface area contributed by atoms with Crippen LogP contribution in [-0.4, -0.2) is 28.4 Å². The fourth-order valence-electron chi connectivity index (χ4n) is 3.60. The minimum Gasteiger partial charge on any atom is -0.338 e. The second kappa shape index (κ2) is 5.76. The van der Waals surface area contributed by atoms with Crippen molar-refractivity contribution in [1.82, 2.24) is 10.2 Å². The topological polar surface area (TPSA) is 32.3 Å². The van der Waals surface area contributed by atoms with Gasteiger partial charge in [0.15, 0.2) is 0 Å². The van der Waals surface area contributed by atoms with Crippen LogP contribution in [0.25, 0.3) is 0 Å². The summed E-state index contributed by atoms with van der Waals surface area (Å²) in [7, 11) is 0. The second-order valence-corrected chi connectivity index (χ2v) is 7.36. The molecule has 0 unspecified atom stereocenters. The molecule has 1 aliphatic rings. The van der Waals surface area contributed by atoms with Gasteiger partial charge in [-0.2, -0.15) is 0 Å². The van der Waals surface area contributed by atoms with Crippen LogP contribution in [0.15, 0.2) is 24.3 Å². The molecule has 0 aliphatic carbocycles. The van der Waals surface area contributed by atoms with Gasteiger partial charge in [-0.3, -0.25) is 4.79 Å². The Balaban J connectivity index is 2.15. The first kappa shape index (κ1) is 16.0. The molecule has 1 fully saturated rings. The van der Waals surface area contributed by atoms with E-state index in [9.17, 15) is 9.18 Å². The van der Waals surface area contributed by atoms with Crippen LogP contribution < -0.4 is 5.32 Å². The predicted octanol–water partition coefficient (Wildman–Crippen LogP) is 3.09. The van der Waals surface area contributed by atoms with Crippen LogP contribution in [0, 0.1) is 5.82 Å². The van der Waals surface area contributed by atoms with Crippen molar-refractivity contribution in [2.45, 2.75) is 64.2 Å². The van der Waals surface area contributed by atoms with Crippen molar-refractivity contribution in [1.29, 1.82) is 0 Å². The Kier molecular flexibility index (Phi) is 4.38. The van der Waals surface area contributed by atoms with Crippen LogP contribution in [0.2, 0.25) is 0 Å². The van der Waals surface area contributed by atoms with Gasteiger partial charge >= 0.3 is 0 Å². The van der Waals surface area contributed by atoms with Gasteiger partial charge < -0.3 is 10.2 Å². The Morgan fingerprint density at radius 1 is 1.29 bits per heavy atom. The number of hydrogen-bond donors (Lipinski definition) is 1. The van der Waals surface area contributed by atoms with Gasteiger partial charge in [-0.15, -0.1) is 0 Å². The Labute approximate surface area is 126 Å². The van der Waals surface area contributed by atoms with Gasteiger partial charge in [0.1, 0.15) is 5.82 Å². The van der Waals surface area contributed by atoms with Crippen molar-refractivity contribution in [2.24, 2.45) is 0 Å². The SMILES string of the molecule is CC1(C)CC(N(C=O)Cc2cccc(F)c2)CC(C)(C)N1. The number of nitrogens with one attached hydrogen (secondary N) is 1. The summed E-state index contributed by atoms with van der Waals surface area (Å²) in [5.41, 5.74) is 0.793. The molecule has 1 saturated heterocycles. The average Bonchev–Trinajstić information content (AvgIpc) is 2.32. The van der Waals surface area contributed by atoms with E-state index in [2.05, 4.69) is 33.0 Å². The summed E-state index contributed by atoms with van der Waals surface area (Å²) in [6.45, 7) is 9.09. The molecule has 1 heterocycles. The molecule has 1 N–H and O–H groups in total. The summed E-state index contributed by atoms with van der Waals surface area (Å²) in [4.78, 5) is 13.3. The van der Waals surface area contributed by atoms with Crippen molar-refractivity contribution in [3.05, 3.63) is 35.6 Å². The maximum absolute atomic E-state index is 13.3. The van der Waals surface area contributed by atoms with E-state index in [1.54, 1.807) is 11.0 Å². The number of amides is 1. The lowest BCUT2D eigenvalue weighted by Crippen LogP contribution is -2.62. The van der Waals surface area contributed by atoms with E-state index in [1.165, 1.54) is 12.1 Å². The molecule has 21 heavy (non-hydrogen) atoms. The summed E-state index contributed by atoms with van der Waals surface area (Å²) < 4.78 is 13.3. The normalized spacial score (nSPS) is 21.0. The van der Waals surface area contributed by atoms with E-state index in [0.717, 1.165) is 24.8 Å². The van der Waals surface area contributed by atoms with Gasteiger partial charge in [-0.1, -0.05) is 12.1 Å². The number of nitrogens with zero attached hydrogens (tertiary/aromatic N) is 1. The number of benzene rings is 1. The van der Waals surface area contributed by atoms with Crippen molar-refractivity contribution < 1.29 is 9.18 Å². The summed E-state index contributed by atoms with van der Waals surface area (Å²) in [6, 6.07) is 6.62. The molecular weight excluding hydrogens is 267 g/mol. The maximum atomic E-state index is 13.3. The molecule has 0 aromatic heterocycles. The molecule has 0 saturated carbocycles. The number of halogens is 1. The van der Waals surface area contributed by atoms with Crippen LogP contribution >= 0.6 is 0 Å². The molecule has 0 radical (unpaired) electrons. The summed E-state index contributed by atoms with van der Waals surface area (Å²) in [5.74, 6) is -0.260. The van der Waals surface area contributed by atoms with Crippen LogP contribution in [-0.2, 0) is 11.3 Å². The minimum absolute atomic E-state index is 0.0182. The van der Waals surface area contributed by atoms with Gasteiger partial charge in [-0.25, -0.2) is 4.39 Å². The van der Waals surface area contributed by atoms with Gasteiger partial charge in [0.25, 0.3) is 0 Å². The monoisotopic (exact) mass is 292 g/mol. The van der Waals surface area contributed by atoms with Crippen molar-refractivity contribution in [3.63, 3.8) is 0 Å². The van der Waals surface area contributed by atoms with Gasteiger partial charge in [-0.05, 0) is 58.2 Å². The smallest absolute Gasteiger partial charge is 0.210 e. The average molecular weight is 292 g/mol. The number of carbonyl (C=O) groups excluding carboxylic acids is 1. The highest BCUT2D eigenvalue weighted by Gasteiger charge is 2.39. The van der Waals surface area contributed by atoms with Crippen molar-refractivity contribution in [3.8, 4) is 0 Å². The standard InChI is InChI=1S/C17H25FN2O/c1-16(2)9-15(10-17(3,4)19-16)20(12-21)11-13-6-5-7-14(18)8-13/h5-8,12,15,19H,9-11H2,1-4H3. The Hall–Kier alpha value is -1.42. The molecule has 0 spiro atoms. The second-order valence-electron chi connectivity index (χ2n) is 7.36. The molecule has 0 bridgehead atoms. The Morgan fingerprint density at radius 3 is 2.43 bits per heavy atom. The van der Waals surface area contributed by atoms with Crippen LogP contribution in [0.4, 0.5) is 4.39 Å². The highest BCUT2D eigenvalue weighted by Crippen LogP contribution is 2.31. The zero-order chi connectivity index (χ0) is 15.7. The first-order chi connectivity index (χ1) is 9.71. The van der Waals surface area contributed by atoms with E-state index in [1.807, 2.05) is 6.07 Å². The molecule has 2 rings (SSSR count). The summed E-state index contributed by atoms with van der Waals surface area (Å²) in [6.07, 6.45) is 2.68. The van der Waals surface area contributed by atoms with Crippen LogP contribution in [0.5, 0.6) is 0 Å². The molecule has 1 aliphatic heterocycles. The molecule has 1 amide bonds. The lowest BCUT2D eigenvalue weighted by atomic mass is 9.79. The predicted molar refractivity (Wildman–Crippen MR) is 82.3 cm³/mol. The lowest BCUT2D eigenvalue weighted by Gasteiger charge is -2.49. The largest absolute Gasteiger partial charge is 0.338 e. The van der Waals surface area contributed by atoms with Crippen molar-refractivity contribution >= 4 is 6.41 Å². The number of piperidine rings is 1. The first-order valence-electron chi connectivity index (χ1n) is 7.46. The molecule has 116 valence electrons. The number of hydrogen-bond acceptors (Lipinski definition) is 2. The molecule has 4 heteroatoms. The van der Waals surface area contributed by atoms with E-state index >= 15 is 0 Å². The van der Waals surface area contributed by atoms with E-state index < -0.39 is 0 Å². The van der Waals surface area contributed by atoms with E-state index in [0.29, 0.717) is 6.54 Å². The quantitative estimate of drug-likeness (QED) is 0.865. The highest BCUT2D eigenvalue weighted by molar-refractivity contribution is 5.48. The fourth-order valence-corrected chi connectivity index (χ4v) is 3.60. The molecular formula is C17H25FN2O.